The van der Waals surface area contributed by atoms with Crippen molar-refractivity contribution in [1.82, 2.24) is 4.90 Å². The molecule has 5 heteroatoms. The third-order valence-corrected chi connectivity index (χ3v) is 2.77. The van der Waals surface area contributed by atoms with Gasteiger partial charge in [-0.25, -0.2) is 0 Å². The quantitative estimate of drug-likeness (QED) is 0.807. The van der Waals surface area contributed by atoms with Gasteiger partial charge in [-0.2, -0.15) is 0 Å². The molecule has 1 aromatic rings. The van der Waals surface area contributed by atoms with Gasteiger partial charge in [-0.15, -0.1) is 0 Å². The zero-order chi connectivity index (χ0) is 13.0. The van der Waals surface area contributed by atoms with E-state index in [1.165, 1.54) is 4.90 Å². The lowest BCUT2D eigenvalue weighted by Gasteiger charge is -2.18. The van der Waals surface area contributed by atoms with Crippen molar-refractivity contribution in [2.24, 2.45) is 0 Å². The Morgan fingerprint density at radius 1 is 1.59 bits per heavy atom. The molecule has 0 bridgehead atoms. The van der Waals surface area contributed by atoms with E-state index in [1.54, 1.807) is 32.2 Å². The number of nitrogens with zero attached hydrogens (tertiary/aromatic N) is 1. The number of halogens is 1. The number of aliphatic hydroxyl groups excluding tert-OH is 1. The molecule has 1 atom stereocenters. The lowest BCUT2D eigenvalue weighted by molar-refractivity contribution is 0.0769. The van der Waals surface area contributed by atoms with E-state index < -0.39 is 6.10 Å². The molecule has 94 valence electrons. The predicted molar refractivity (Wildman–Crippen MR) is 69.1 cm³/mol. The van der Waals surface area contributed by atoms with Crippen LogP contribution in [0.4, 0.5) is 5.69 Å². The van der Waals surface area contributed by atoms with Crippen LogP contribution in [0.2, 0.25) is 5.02 Å². The summed E-state index contributed by atoms with van der Waals surface area (Å²) in [4.78, 5) is 13.5. The maximum absolute atomic E-state index is 12.0. The fourth-order valence-electron chi connectivity index (χ4n) is 1.39. The molecule has 0 aliphatic carbocycles. The second kappa shape index (κ2) is 5.89. The van der Waals surface area contributed by atoms with Crippen LogP contribution in [-0.2, 0) is 0 Å². The number of hydrogen-bond donors (Lipinski definition) is 2. The maximum atomic E-state index is 12.0. The molecule has 0 aliphatic rings. The van der Waals surface area contributed by atoms with Crippen molar-refractivity contribution in [3.63, 3.8) is 0 Å². The van der Waals surface area contributed by atoms with Crippen molar-refractivity contribution in [2.45, 2.75) is 19.4 Å². The van der Waals surface area contributed by atoms with Gasteiger partial charge in [-0.3, -0.25) is 4.79 Å². The number of nitrogen functional groups attached to an aromatic ring is 1. The van der Waals surface area contributed by atoms with Crippen LogP contribution in [0.25, 0.3) is 0 Å². The molecule has 1 aromatic carbocycles. The van der Waals surface area contributed by atoms with Crippen molar-refractivity contribution < 1.29 is 9.90 Å². The van der Waals surface area contributed by atoms with E-state index in [0.29, 0.717) is 29.2 Å². The Kier molecular flexibility index (Phi) is 4.78. The number of anilines is 1. The van der Waals surface area contributed by atoms with Crippen molar-refractivity contribution >= 4 is 23.2 Å². The predicted octanol–water partition coefficient (Wildman–Crippen LogP) is 1.77. The van der Waals surface area contributed by atoms with Crippen LogP contribution < -0.4 is 5.73 Å². The molecular formula is C12H17ClN2O2. The van der Waals surface area contributed by atoms with Gasteiger partial charge in [0.2, 0.25) is 0 Å². The average Bonchev–Trinajstić information content (AvgIpc) is 2.25. The Bertz CT molecular complexity index is 407. The van der Waals surface area contributed by atoms with Gasteiger partial charge in [-0.05, 0) is 31.5 Å². The van der Waals surface area contributed by atoms with Crippen LogP contribution in [0, 0.1) is 0 Å². The molecule has 0 aliphatic heterocycles. The highest BCUT2D eigenvalue weighted by Crippen LogP contribution is 2.20. The van der Waals surface area contributed by atoms with Crippen molar-refractivity contribution in [3.8, 4) is 0 Å². The first-order valence-electron chi connectivity index (χ1n) is 5.40. The molecule has 0 radical (unpaired) electrons. The van der Waals surface area contributed by atoms with E-state index in [1.807, 2.05) is 0 Å². The minimum atomic E-state index is -0.424. The minimum Gasteiger partial charge on any atom is -0.399 e. The highest BCUT2D eigenvalue weighted by molar-refractivity contribution is 6.34. The summed E-state index contributed by atoms with van der Waals surface area (Å²) in [5, 5.41) is 9.51. The van der Waals surface area contributed by atoms with Gasteiger partial charge in [0.25, 0.3) is 5.91 Å². The third kappa shape index (κ3) is 3.91. The van der Waals surface area contributed by atoms with Crippen LogP contribution in [0.5, 0.6) is 0 Å². The zero-order valence-electron chi connectivity index (χ0n) is 9.98. The Balaban J connectivity index is 2.75. The van der Waals surface area contributed by atoms with E-state index in [9.17, 15) is 4.79 Å². The van der Waals surface area contributed by atoms with Gasteiger partial charge in [0.15, 0.2) is 0 Å². The minimum absolute atomic E-state index is 0.171. The van der Waals surface area contributed by atoms with Crippen LogP contribution in [0.15, 0.2) is 18.2 Å². The zero-order valence-corrected chi connectivity index (χ0v) is 10.7. The summed E-state index contributed by atoms with van der Waals surface area (Å²) in [5.74, 6) is -0.171. The molecule has 0 aromatic heterocycles. The van der Waals surface area contributed by atoms with Gasteiger partial charge in [0.1, 0.15) is 0 Å². The third-order valence-electron chi connectivity index (χ3n) is 2.45. The largest absolute Gasteiger partial charge is 0.399 e. The molecule has 1 unspecified atom stereocenters. The van der Waals surface area contributed by atoms with Gasteiger partial charge >= 0.3 is 0 Å². The van der Waals surface area contributed by atoms with Crippen molar-refractivity contribution in [3.05, 3.63) is 28.8 Å². The molecule has 0 heterocycles. The van der Waals surface area contributed by atoms with Crippen LogP contribution in [0.3, 0.4) is 0 Å². The number of rotatable bonds is 4. The average molecular weight is 257 g/mol. The van der Waals surface area contributed by atoms with Gasteiger partial charge in [0.05, 0.1) is 16.7 Å². The number of amides is 1. The Morgan fingerprint density at radius 3 is 2.76 bits per heavy atom. The van der Waals surface area contributed by atoms with E-state index in [0.717, 1.165) is 0 Å². The normalized spacial score (nSPS) is 12.2. The highest BCUT2D eigenvalue weighted by Gasteiger charge is 2.15. The van der Waals surface area contributed by atoms with E-state index in [4.69, 9.17) is 22.4 Å². The first-order valence-corrected chi connectivity index (χ1v) is 5.78. The number of carbonyl (C=O) groups is 1. The summed E-state index contributed by atoms with van der Waals surface area (Å²) in [5.41, 5.74) is 6.51. The van der Waals surface area contributed by atoms with E-state index >= 15 is 0 Å². The molecule has 0 fully saturated rings. The van der Waals surface area contributed by atoms with Crippen LogP contribution in [0.1, 0.15) is 23.7 Å². The topological polar surface area (TPSA) is 66.6 Å². The summed E-state index contributed by atoms with van der Waals surface area (Å²) >= 11 is 5.95. The monoisotopic (exact) mass is 256 g/mol. The summed E-state index contributed by atoms with van der Waals surface area (Å²) in [6.07, 6.45) is 0.113. The second-order valence-corrected chi connectivity index (χ2v) is 4.51. The molecule has 4 nitrogen and oxygen atoms in total. The standard InChI is InChI=1S/C12H17ClN2O2/c1-8(16)5-6-15(2)12(17)10-4-3-9(14)7-11(10)13/h3-4,7-8,16H,5-6,14H2,1-2H3. The van der Waals surface area contributed by atoms with Crippen molar-refractivity contribution in [2.75, 3.05) is 19.3 Å². The molecule has 1 rings (SSSR count). The first kappa shape index (κ1) is 13.8. The molecule has 17 heavy (non-hydrogen) atoms. The van der Waals surface area contributed by atoms with Crippen LogP contribution >= 0.6 is 11.6 Å². The highest BCUT2D eigenvalue weighted by atomic mass is 35.5. The number of carbonyl (C=O) groups excluding carboxylic acids is 1. The van der Waals surface area contributed by atoms with Gasteiger partial charge in [-0.1, -0.05) is 11.6 Å². The lowest BCUT2D eigenvalue weighted by Crippen LogP contribution is -2.29. The second-order valence-electron chi connectivity index (χ2n) is 4.10. The number of aliphatic hydroxyl groups is 1. The first-order chi connectivity index (χ1) is 7.91. The smallest absolute Gasteiger partial charge is 0.255 e. The van der Waals surface area contributed by atoms with Crippen molar-refractivity contribution in [1.29, 1.82) is 0 Å². The molecular weight excluding hydrogens is 240 g/mol. The molecule has 0 spiro atoms. The number of hydrogen-bond acceptors (Lipinski definition) is 3. The molecule has 3 N–H and O–H groups in total. The Morgan fingerprint density at radius 2 is 2.24 bits per heavy atom. The molecule has 0 saturated heterocycles. The van der Waals surface area contributed by atoms with Crippen LogP contribution in [-0.4, -0.2) is 35.6 Å². The number of nitrogens with two attached hydrogens (primary N) is 1. The summed E-state index contributed by atoms with van der Waals surface area (Å²) in [6, 6.07) is 4.80. The summed E-state index contributed by atoms with van der Waals surface area (Å²) in [7, 11) is 1.68. The fraction of sp³-hybridized carbons (Fsp3) is 0.417. The van der Waals surface area contributed by atoms with E-state index in [2.05, 4.69) is 0 Å². The lowest BCUT2D eigenvalue weighted by atomic mass is 10.1. The fourth-order valence-corrected chi connectivity index (χ4v) is 1.66. The van der Waals surface area contributed by atoms with Gasteiger partial charge < -0.3 is 15.7 Å². The Hall–Kier alpha value is -1.26. The summed E-state index contributed by atoms with van der Waals surface area (Å²) in [6.45, 7) is 2.17. The maximum Gasteiger partial charge on any atom is 0.255 e. The summed E-state index contributed by atoms with van der Waals surface area (Å²) < 4.78 is 0. The Labute approximate surface area is 106 Å². The van der Waals surface area contributed by atoms with Gasteiger partial charge in [0, 0.05) is 19.3 Å². The SMILES string of the molecule is CC(O)CCN(C)C(=O)c1ccc(N)cc1Cl. The number of benzene rings is 1. The molecule has 0 saturated carbocycles. The van der Waals surface area contributed by atoms with E-state index in [-0.39, 0.29) is 5.91 Å². The molecule has 1 amide bonds.